The molecule has 0 aliphatic heterocycles. The highest BCUT2D eigenvalue weighted by atomic mass is 16.3. The molecule has 0 saturated heterocycles. The van der Waals surface area contributed by atoms with Gasteiger partial charge in [-0.25, -0.2) is 5.43 Å². The first kappa shape index (κ1) is 21.9. The number of nitrogens with zero attached hydrogens (tertiary/aromatic N) is 1. The predicted octanol–water partition coefficient (Wildman–Crippen LogP) is 4.49. The van der Waals surface area contributed by atoms with E-state index in [4.69, 9.17) is 0 Å². The molecule has 2 amide bonds. The molecule has 0 saturated carbocycles. The van der Waals surface area contributed by atoms with Gasteiger partial charge in [-0.1, -0.05) is 61.4 Å². The number of anilines is 1. The number of hydrazone groups is 1. The van der Waals surface area contributed by atoms with E-state index in [-0.39, 0.29) is 17.6 Å². The van der Waals surface area contributed by atoms with Crippen molar-refractivity contribution < 1.29 is 14.7 Å². The van der Waals surface area contributed by atoms with E-state index < -0.39 is 0 Å². The molecule has 0 aliphatic rings. The molecule has 0 unspecified atom stereocenters. The Kier molecular flexibility index (Phi) is 9.72. The maximum atomic E-state index is 11.9. The quantitative estimate of drug-likeness (QED) is 0.227. The number of phenolic OH excluding ortho intramolecular Hbond substituents is 1. The van der Waals surface area contributed by atoms with Crippen LogP contribution >= 0.6 is 0 Å². The van der Waals surface area contributed by atoms with Gasteiger partial charge in [0.25, 0.3) is 0 Å². The molecule has 0 aromatic heterocycles. The van der Waals surface area contributed by atoms with Gasteiger partial charge in [-0.15, -0.1) is 0 Å². The van der Waals surface area contributed by atoms with Crippen LogP contribution in [-0.2, 0) is 9.59 Å². The number of unbranched alkanes of at least 4 members (excludes halogenated alkanes) is 3. The normalized spacial score (nSPS) is 11.0. The summed E-state index contributed by atoms with van der Waals surface area (Å²) in [7, 11) is 0. The summed E-state index contributed by atoms with van der Waals surface area (Å²) in [4.78, 5) is 23.6. The highest BCUT2D eigenvalue weighted by Crippen LogP contribution is 2.21. The van der Waals surface area contributed by atoms with Gasteiger partial charge in [0.05, 0.1) is 5.69 Å². The van der Waals surface area contributed by atoms with Crippen LogP contribution < -0.4 is 10.7 Å². The lowest BCUT2D eigenvalue weighted by molar-refractivity contribution is -0.121. The van der Waals surface area contributed by atoms with Crippen LogP contribution in [-0.4, -0.2) is 23.1 Å². The molecule has 6 heteroatoms. The molecule has 0 aliphatic carbocycles. The summed E-state index contributed by atoms with van der Waals surface area (Å²) in [5, 5.41) is 16.2. The summed E-state index contributed by atoms with van der Waals surface area (Å²) < 4.78 is 0. The Labute approximate surface area is 171 Å². The Hall–Kier alpha value is -3.41. The van der Waals surface area contributed by atoms with Crippen LogP contribution in [0.1, 0.15) is 44.1 Å². The van der Waals surface area contributed by atoms with Crippen LogP contribution in [0.2, 0.25) is 0 Å². The van der Waals surface area contributed by atoms with Gasteiger partial charge in [-0.3, -0.25) is 9.59 Å². The second-order valence-electron chi connectivity index (χ2n) is 6.56. The molecule has 0 radical (unpaired) electrons. The standard InChI is InChI=1S/C23H27N3O3/c27-21-15-9-8-14-20(21)25-22(28)16-6-1-2-7-17-23(29)26-24-18-10-13-19-11-4-3-5-12-19/h3-5,8-15,18,27H,1-2,6-7,16-17H2,(H,25,28)(H,26,29)/b13-10+,24-18+. The van der Waals surface area contributed by atoms with Crippen molar-refractivity contribution in [2.24, 2.45) is 5.10 Å². The van der Waals surface area contributed by atoms with E-state index in [1.165, 1.54) is 6.07 Å². The van der Waals surface area contributed by atoms with Crippen LogP contribution in [0.15, 0.2) is 65.8 Å². The monoisotopic (exact) mass is 393 g/mol. The smallest absolute Gasteiger partial charge is 0.240 e. The average molecular weight is 393 g/mol. The molecule has 0 fully saturated rings. The SMILES string of the molecule is O=C(CCCCCCC(=O)Nc1ccccc1O)N/N=C/C=C/c1ccccc1. The largest absolute Gasteiger partial charge is 0.506 e. The van der Waals surface area contributed by atoms with E-state index in [0.29, 0.717) is 18.5 Å². The van der Waals surface area contributed by atoms with Gasteiger partial charge in [0.2, 0.25) is 11.8 Å². The lowest BCUT2D eigenvalue weighted by atomic mass is 10.1. The maximum absolute atomic E-state index is 11.9. The van der Waals surface area contributed by atoms with E-state index >= 15 is 0 Å². The van der Waals surface area contributed by atoms with Gasteiger partial charge >= 0.3 is 0 Å². The fourth-order valence-corrected chi connectivity index (χ4v) is 2.64. The third kappa shape index (κ3) is 9.37. The first-order valence-corrected chi connectivity index (χ1v) is 9.76. The van der Waals surface area contributed by atoms with E-state index in [1.807, 2.05) is 36.4 Å². The van der Waals surface area contributed by atoms with Gasteiger partial charge in [0.15, 0.2) is 0 Å². The number of rotatable bonds is 11. The summed E-state index contributed by atoms with van der Waals surface area (Å²) in [5.74, 6) is -0.182. The van der Waals surface area contributed by atoms with Crippen LogP contribution in [0.4, 0.5) is 5.69 Å². The van der Waals surface area contributed by atoms with Gasteiger partial charge < -0.3 is 10.4 Å². The zero-order valence-electron chi connectivity index (χ0n) is 16.4. The van der Waals surface area contributed by atoms with Crippen molar-refractivity contribution in [3.8, 4) is 5.75 Å². The Morgan fingerprint density at radius 1 is 0.862 bits per heavy atom. The summed E-state index contributed by atoms with van der Waals surface area (Å²) in [6.45, 7) is 0. The van der Waals surface area contributed by atoms with Gasteiger partial charge in [0.1, 0.15) is 5.75 Å². The van der Waals surface area contributed by atoms with Crippen LogP contribution in [0.5, 0.6) is 5.75 Å². The number of hydrogen-bond donors (Lipinski definition) is 3. The number of carbonyl (C=O) groups excluding carboxylic acids is 2. The third-order valence-corrected chi connectivity index (χ3v) is 4.17. The number of para-hydroxylation sites is 2. The number of nitrogens with one attached hydrogen (secondary N) is 2. The zero-order chi connectivity index (χ0) is 20.7. The van der Waals surface area contributed by atoms with Crippen molar-refractivity contribution in [1.29, 1.82) is 0 Å². The van der Waals surface area contributed by atoms with E-state index in [1.54, 1.807) is 30.5 Å². The van der Waals surface area contributed by atoms with Crippen LogP contribution in [0.3, 0.4) is 0 Å². The van der Waals surface area contributed by atoms with E-state index in [2.05, 4.69) is 15.8 Å². The minimum Gasteiger partial charge on any atom is -0.506 e. The molecule has 152 valence electrons. The topological polar surface area (TPSA) is 90.8 Å². The highest BCUT2D eigenvalue weighted by molar-refractivity contribution is 5.92. The fourth-order valence-electron chi connectivity index (χ4n) is 2.64. The number of hydrogen-bond acceptors (Lipinski definition) is 4. The number of carbonyl (C=O) groups is 2. The Balaban J connectivity index is 1.50. The first-order chi connectivity index (χ1) is 14.1. The van der Waals surface area contributed by atoms with Gasteiger partial charge in [0, 0.05) is 19.1 Å². The molecule has 0 spiro atoms. The summed E-state index contributed by atoms with van der Waals surface area (Å²) >= 11 is 0. The number of amides is 2. The van der Waals surface area contributed by atoms with Crippen LogP contribution in [0, 0.1) is 0 Å². The molecule has 29 heavy (non-hydrogen) atoms. The van der Waals surface area contributed by atoms with Crippen molar-refractivity contribution in [2.75, 3.05) is 5.32 Å². The van der Waals surface area contributed by atoms with Gasteiger partial charge in [-0.2, -0.15) is 5.10 Å². The molecule has 0 atom stereocenters. The summed E-state index contributed by atoms with van der Waals surface area (Å²) in [6, 6.07) is 16.5. The number of phenols is 1. The molecular formula is C23H27N3O3. The third-order valence-electron chi connectivity index (χ3n) is 4.17. The summed E-state index contributed by atoms with van der Waals surface area (Å²) in [5.41, 5.74) is 4.00. The molecule has 0 bridgehead atoms. The lowest BCUT2D eigenvalue weighted by Crippen LogP contribution is -2.16. The minimum absolute atomic E-state index is 0.0603. The molecule has 2 aromatic carbocycles. The second-order valence-corrected chi connectivity index (χ2v) is 6.56. The Morgan fingerprint density at radius 3 is 2.24 bits per heavy atom. The zero-order valence-corrected chi connectivity index (χ0v) is 16.4. The fraction of sp³-hybridized carbons (Fsp3) is 0.261. The van der Waals surface area contributed by atoms with Crippen molar-refractivity contribution in [2.45, 2.75) is 38.5 Å². The minimum atomic E-state index is -0.123. The summed E-state index contributed by atoms with van der Waals surface area (Å²) in [6.07, 6.45) is 9.25. The predicted molar refractivity (Wildman–Crippen MR) is 117 cm³/mol. The van der Waals surface area contributed by atoms with Crippen molar-refractivity contribution in [3.63, 3.8) is 0 Å². The second kappa shape index (κ2) is 12.9. The molecule has 3 N–H and O–H groups in total. The number of allylic oxidation sites excluding steroid dienone is 1. The van der Waals surface area contributed by atoms with Crippen LogP contribution in [0.25, 0.3) is 6.08 Å². The molecular weight excluding hydrogens is 366 g/mol. The van der Waals surface area contributed by atoms with Gasteiger partial charge in [-0.05, 0) is 36.6 Å². The number of benzene rings is 2. The van der Waals surface area contributed by atoms with Crippen molar-refractivity contribution in [3.05, 3.63) is 66.2 Å². The number of aromatic hydroxyl groups is 1. The highest BCUT2D eigenvalue weighted by Gasteiger charge is 2.05. The maximum Gasteiger partial charge on any atom is 0.240 e. The molecule has 2 aromatic rings. The first-order valence-electron chi connectivity index (χ1n) is 9.76. The average Bonchev–Trinajstić information content (AvgIpc) is 2.73. The van der Waals surface area contributed by atoms with E-state index in [0.717, 1.165) is 31.2 Å². The van der Waals surface area contributed by atoms with Crippen molar-refractivity contribution in [1.82, 2.24) is 5.43 Å². The van der Waals surface area contributed by atoms with Crippen molar-refractivity contribution >= 4 is 29.8 Å². The van der Waals surface area contributed by atoms with E-state index in [9.17, 15) is 14.7 Å². The Morgan fingerprint density at radius 2 is 1.52 bits per heavy atom. The Bertz CT molecular complexity index is 832. The lowest BCUT2D eigenvalue weighted by Gasteiger charge is -2.06. The molecule has 0 heterocycles. The molecule has 6 nitrogen and oxygen atoms in total. The molecule has 2 rings (SSSR count).